The summed E-state index contributed by atoms with van der Waals surface area (Å²) in [4.78, 5) is 3.05. The molecule has 0 radical (unpaired) electrons. The Bertz CT molecular complexity index is 1260. The predicted octanol–water partition coefficient (Wildman–Crippen LogP) is 9.58. The van der Waals surface area contributed by atoms with Crippen LogP contribution in [0.3, 0.4) is 0 Å². The maximum Gasteiger partial charge on any atom is 0.434 e. The van der Waals surface area contributed by atoms with Crippen LogP contribution in [-0.4, -0.2) is 47.7 Å². The highest BCUT2D eigenvalue weighted by atomic mass is 19.4. The van der Waals surface area contributed by atoms with E-state index in [1.54, 1.807) is 0 Å². The summed E-state index contributed by atoms with van der Waals surface area (Å²) < 4.78 is 63.3. The second kappa shape index (κ2) is 12.2. The second-order valence-corrected chi connectivity index (χ2v) is 12.7. The van der Waals surface area contributed by atoms with Crippen LogP contribution >= 0.6 is 0 Å². The molecule has 7 heteroatoms. The fourth-order valence-corrected chi connectivity index (χ4v) is 6.37. The van der Waals surface area contributed by atoms with Gasteiger partial charge in [-0.25, -0.2) is 9.48 Å². The Balaban J connectivity index is 2.16. The van der Waals surface area contributed by atoms with E-state index in [-0.39, 0.29) is 42.6 Å². The molecular formula is C34H46F4N3+. The number of rotatable bonds is 8. The van der Waals surface area contributed by atoms with Crippen LogP contribution in [0.1, 0.15) is 114 Å². The molecule has 3 nitrogen and oxygen atoms in total. The number of halogens is 4. The number of para-hydroxylation sites is 2. The topological polar surface area (TPSA) is 9.49 Å². The van der Waals surface area contributed by atoms with E-state index >= 15 is 4.39 Å². The molecule has 0 N–H and O–H groups in total. The molecule has 4 rings (SSSR count). The zero-order chi connectivity index (χ0) is 30.2. The van der Waals surface area contributed by atoms with Gasteiger partial charge >= 0.3 is 12.0 Å². The van der Waals surface area contributed by atoms with E-state index in [2.05, 4.69) is 55.4 Å². The van der Waals surface area contributed by atoms with Gasteiger partial charge in [-0.15, -0.1) is 0 Å². The summed E-state index contributed by atoms with van der Waals surface area (Å²) in [6.07, 6.45) is -3.58. The first-order chi connectivity index (χ1) is 19.3. The van der Waals surface area contributed by atoms with Gasteiger partial charge in [0.1, 0.15) is 24.5 Å². The van der Waals surface area contributed by atoms with Crippen molar-refractivity contribution in [1.82, 2.24) is 4.90 Å². The minimum Gasteiger partial charge on any atom is -0.365 e. The number of anilines is 1. The molecule has 0 atom stereocenters. The number of amidine groups is 1. The molecule has 2 aromatic carbocycles. The molecule has 0 unspecified atom stereocenters. The highest BCUT2D eigenvalue weighted by Gasteiger charge is 2.49. The van der Waals surface area contributed by atoms with Crippen molar-refractivity contribution in [2.75, 3.05) is 31.1 Å². The Hall–Kier alpha value is -2.83. The Kier molecular flexibility index (Phi) is 9.25. The third-order valence-electron chi connectivity index (χ3n) is 8.38. The lowest BCUT2D eigenvalue weighted by Crippen LogP contribution is -2.37. The van der Waals surface area contributed by atoms with Crippen molar-refractivity contribution in [2.45, 2.75) is 98.1 Å². The SMILES string of the molecule is CC(C)c1cccc(C(C)C)c1N1CC[N+](c2c(C(C)C)cccc2C(C)C)=C1/C(F)=C(/N1CCCC1)C(F)(F)F. The number of benzene rings is 2. The summed E-state index contributed by atoms with van der Waals surface area (Å²) in [6, 6.07) is 12.1. The van der Waals surface area contributed by atoms with E-state index in [4.69, 9.17) is 0 Å². The van der Waals surface area contributed by atoms with Gasteiger partial charge in [0.15, 0.2) is 5.70 Å². The van der Waals surface area contributed by atoms with E-state index < -0.39 is 17.7 Å². The van der Waals surface area contributed by atoms with Gasteiger partial charge in [-0.2, -0.15) is 17.6 Å². The summed E-state index contributed by atoms with van der Waals surface area (Å²) in [5.74, 6) is -0.726. The van der Waals surface area contributed by atoms with Crippen molar-refractivity contribution in [1.29, 1.82) is 0 Å². The smallest absolute Gasteiger partial charge is 0.365 e. The second-order valence-electron chi connectivity index (χ2n) is 12.7. The molecule has 0 saturated carbocycles. The lowest BCUT2D eigenvalue weighted by Gasteiger charge is -2.27. The van der Waals surface area contributed by atoms with Gasteiger partial charge in [0.05, 0.1) is 0 Å². The van der Waals surface area contributed by atoms with E-state index in [9.17, 15) is 13.2 Å². The molecule has 0 aromatic heterocycles. The molecular weight excluding hydrogens is 526 g/mol. The quantitative estimate of drug-likeness (QED) is 0.230. The number of allylic oxidation sites excluding steroid dienone is 1. The average Bonchev–Trinajstić information content (AvgIpc) is 3.57. The normalized spacial score (nSPS) is 17.3. The lowest BCUT2D eigenvalue weighted by molar-refractivity contribution is -0.430. The molecule has 1 saturated heterocycles. The lowest BCUT2D eigenvalue weighted by atomic mass is 9.91. The largest absolute Gasteiger partial charge is 0.434 e. The third-order valence-corrected chi connectivity index (χ3v) is 8.38. The van der Waals surface area contributed by atoms with Gasteiger partial charge in [-0.1, -0.05) is 91.8 Å². The third kappa shape index (κ3) is 6.05. The van der Waals surface area contributed by atoms with Crippen molar-refractivity contribution >= 4 is 17.2 Å². The van der Waals surface area contributed by atoms with Crippen molar-refractivity contribution < 1.29 is 22.1 Å². The molecule has 0 amide bonds. The number of hydrogen-bond acceptors (Lipinski definition) is 2. The summed E-state index contributed by atoms with van der Waals surface area (Å²) in [5.41, 5.74) is 4.57. The minimum atomic E-state index is -4.82. The Morgan fingerprint density at radius 1 is 0.707 bits per heavy atom. The summed E-state index contributed by atoms with van der Waals surface area (Å²) >= 11 is 0. The summed E-state index contributed by atoms with van der Waals surface area (Å²) in [7, 11) is 0. The first-order valence-corrected chi connectivity index (χ1v) is 15.2. The van der Waals surface area contributed by atoms with Gasteiger partial charge < -0.3 is 4.90 Å². The molecule has 2 aromatic rings. The first kappa shape index (κ1) is 31.1. The van der Waals surface area contributed by atoms with E-state index in [1.807, 2.05) is 45.9 Å². The Morgan fingerprint density at radius 3 is 1.56 bits per heavy atom. The van der Waals surface area contributed by atoms with Gasteiger partial charge in [0, 0.05) is 35.3 Å². The molecule has 0 bridgehead atoms. The van der Waals surface area contributed by atoms with Gasteiger partial charge in [0.25, 0.3) is 0 Å². The van der Waals surface area contributed by atoms with Crippen LogP contribution in [0.2, 0.25) is 0 Å². The van der Waals surface area contributed by atoms with Crippen molar-refractivity contribution in [3.05, 3.63) is 70.2 Å². The molecule has 2 aliphatic heterocycles. The molecule has 224 valence electrons. The van der Waals surface area contributed by atoms with Crippen LogP contribution < -0.4 is 4.90 Å². The first-order valence-electron chi connectivity index (χ1n) is 15.2. The summed E-state index contributed by atoms with van der Waals surface area (Å²) in [5, 5.41) is 0. The predicted molar refractivity (Wildman–Crippen MR) is 161 cm³/mol. The number of alkyl halides is 3. The molecule has 1 fully saturated rings. The van der Waals surface area contributed by atoms with Crippen LogP contribution in [0.5, 0.6) is 0 Å². The zero-order valence-corrected chi connectivity index (χ0v) is 25.9. The van der Waals surface area contributed by atoms with Crippen molar-refractivity contribution in [2.24, 2.45) is 0 Å². The van der Waals surface area contributed by atoms with Gasteiger partial charge in [-0.3, -0.25) is 0 Å². The fraction of sp³-hybridized carbons (Fsp3) is 0.559. The molecule has 0 aliphatic carbocycles. The Labute approximate surface area is 243 Å². The Morgan fingerprint density at radius 2 is 1.15 bits per heavy atom. The average molecular weight is 573 g/mol. The zero-order valence-electron chi connectivity index (χ0n) is 25.9. The number of nitrogens with zero attached hydrogens (tertiary/aromatic N) is 3. The van der Waals surface area contributed by atoms with Crippen LogP contribution in [-0.2, 0) is 0 Å². The van der Waals surface area contributed by atoms with Crippen LogP contribution in [0.25, 0.3) is 0 Å². The van der Waals surface area contributed by atoms with Crippen LogP contribution in [0, 0.1) is 0 Å². The highest BCUT2D eigenvalue weighted by Crippen LogP contribution is 2.43. The van der Waals surface area contributed by atoms with Crippen LogP contribution in [0.4, 0.5) is 28.9 Å². The van der Waals surface area contributed by atoms with Crippen molar-refractivity contribution in [3.8, 4) is 0 Å². The van der Waals surface area contributed by atoms with Crippen LogP contribution in [0.15, 0.2) is 47.9 Å². The standard InChI is InChI=1S/C34H46F4N3/c1-21(2)25-13-11-14-26(22(3)4)30(25)40-19-20-41(31-27(23(5)6)15-12-16-28(31)24(7)8)33(40)29(35)32(34(36,37)38)39-17-9-10-18-39/h11-16,21-24H,9-10,17-20H2,1-8H3/q+1. The number of hydrogen-bond donors (Lipinski definition) is 0. The molecule has 0 spiro atoms. The maximum absolute atomic E-state index is 17.1. The van der Waals surface area contributed by atoms with Gasteiger partial charge in [-0.05, 0) is 36.5 Å². The van der Waals surface area contributed by atoms with Crippen molar-refractivity contribution in [3.63, 3.8) is 0 Å². The fourth-order valence-electron chi connectivity index (χ4n) is 6.37. The molecule has 2 heterocycles. The highest BCUT2D eigenvalue weighted by molar-refractivity contribution is 6.08. The monoisotopic (exact) mass is 572 g/mol. The van der Waals surface area contributed by atoms with Gasteiger partial charge in [0.2, 0.25) is 5.83 Å². The van der Waals surface area contributed by atoms with E-state index in [1.165, 1.54) is 4.90 Å². The summed E-state index contributed by atoms with van der Waals surface area (Å²) in [6.45, 7) is 17.8. The molecule has 41 heavy (non-hydrogen) atoms. The number of likely N-dealkylation sites (tertiary alicyclic amines) is 1. The minimum absolute atomic E-state index is 0.00854. The van der Waals surface area contributed by atoms with E-state index in [0.717, 1.165) is 33.6 Å². The van der Waals surface area contributed by atoms with E-state index in [0.29, 0.717) is 25.9 Å². The molecule has 2 aliphatic rings. The maximum atomic E-state index is 17.1.